The van der Waals surface area contributed by atoms with Crippen LogP contribution in [0.3, 0.4) is 0 Å². The van der Waals surface area contributed by atoms with Crippen LogP contribution < -0.4 is 5.73 Å². The first-order valence-electron chi connectivity index (χ1n) is 4.11. The molecule has 0 unspecified atom stereocenters. The standard InChI is InChI=1S/C10H14N/c1-3-8-5-6-9(4-2)10(11)7-8/h5-7,11H,3-4H2,1-2H3. The lowest BCUT2D eigenvalue weighted by atomic mass is 10.1. The number of benzene rings is 1. The molecule has 0 saturated heterocycles. The van der Waals surface area contributed by atoms with Crippen molar-refractivity contribution in [3.05, 3.63) is 29.3 Å². The van der Waals surface area contributed by atoms with E-state index in [4.69, 9.17) is 5.73 Å². The Bertz CT molecular complexity index is 241. The summed E-state index contributed by atoms with van der Waals surface area (Å²) >= 11 is 0. The summed E-state index contributed by atoms with van der Waals surface area (Å²) in [5, 5.41) is 0. The van der Waals surface area contributed by atoms with E-state index in [0.717, 1.165) is 18.4 Å². The van der Waals surface area contributed by atoms with Gasteiger partial charge in [-0.3, -0.25) is 0 Å². The van der Waals surface area contributed by atoms with Crippen molar-refractivity contribution >= 4 is 5.69 Å². The molecule has 1 aromatic rings. The Morgan fingerprint density at radius 2 is 1.91 bits per heavy atom. The number of hydrogen-bond donors (Lipinski definition) is 0. The van der Waals surface area contributed by atoms with Gasteiger partial charge in [0.1, 0.15) is 0 Å². The summed E-state index contributed by atoms with van der Waals surface area (Å²) in [4.78, 5) is 0. The van der Waals surface area contributed by atoms with Crippen LogP contribution in [0.25, 0.3) is 0 Å². The molecule has 0 aliphatic rings. The first-order chi connectivity index (χ1) is 5.27. The van der Waals surface area contributed by atoms with E-state index in [9.17, 15) is 0 Å². The fourth-order valence-corrected chi connectivity index (χ4v) is 1.15. The minimum absolute atomic E-state index is 0.687. The zero-order chi connectivity index (χ0) is 8.27. The van der Waals surface area contributed by atoms with Crippen LogP contribution in [0, 0.1) is 0 Å². The van der Waals surface area contributed by atoms with Crippen molar-refractivity contribution in [3.8, 4) is 0 Å². The SMILES string of the molecule is CCc1ccc(CC)c([NH])c1. The van der Waals surface area contributed by atoms with Gasteiger partial charge in [-0.1, -0.05) is 26.0 Å². The van der Waals surface area contributed by atoms with Crippen molar-refractivity contribution in [2.24, 2.45) is 0 Å². The van der Waals surface area contributed by atoms with Crippen LogP contribution in [-0.4, -0.2) is 0 Å². The maximum Gasteiger partial charge on any atom is 0.0574 e. The Morgan fingerprint density at radius 1 is 1.18 bits per heavy atom. The molecule has 0 atom stereocenters. The third-order valence-electron chi connectivity index (χ3n) is 1.96. The average Bonchev–Trinajstić information content (AvgIpc) is 2.04. The largest absolute Gasteiger partial charge is 0.301 e. The molecule has 1 heteroatoms. The van der Waals surface area contributed by atoms with Crippen molar-refractivity contribution in [1.82, 2.24) is 5.73 Å². The third-order valence-corrected chi connectivity index (χ3v) is 1.96. The molecule has 1 aromatic carbocycles. The second-order valence-corrected chi connectivity index (χ2v) is 2.70. The van der Waals surface area contributed by atoms with E-state index in [0.29, 0.717) is 5.69 Å². The Kier molecular flexibility index (Phi) is 2.53. The summed E-state index contributed by atoms with van der Waals surface area (Å²) in [6.07, 6.45) is 1.98. The Labute approximate surface area is 68.2 Å². The molecule has 1 N–H and O–H groups in total. The van der Waals surface area contributed by atoms with Crippen LogP contribution in [0.1, 0.15) is 25.0 Å². The van der Waals surface area contributed by atoms with Gasteiger partial charge < -0.3 is 5.73 Å². The van der Waals surface area contributed by atoms with Gasteiger partial charge in [0.2, 0.25) is 0 Å². The Morgan fingerprint density at radius 3 is 2.36 bits per heavy atom. The highest BCUT2D eigenvalue weighted by Gasteiger charge is 1.96. The highest BCUT2D eigenvalue weighted by molar-refractivity contribution is 5.46. The molecule has 1 radical (unpaired) electrons. The van der Waals surface area contributed by atoms with Crippen molar-refractivity contribution in [2.45, 2.75) is 26.7 Å². The van der Waals surface area contributed by atoms with Gasteiger partial charge >= 0.3 is 0 Å². The molecule has 0 aromatic heterocycles. The molecule has 0 bridgehead atoms. The fraction of sp³-hybridized carbons (Fsp3) is 0.400. The molecule has 0 amide bonds. The third kappa shape index (κ3) is 1.73. The van der Waals surface area contributed by atoms with Crippen molar-refractivity contribution in [1.29, 1.82) is 0 Å². The Hall–Kier alpha value is -0.980. The van der Waals surface area contributed by atoms with Crippen LogP contribution in [0.4, 0.5) is 5.69 Å². The molecular weight excluding hydrogens is 134 g/mol. The quantitative estimate of drug-likeness (QED) is 0.615. The van der Waals surface area contributed by atoms with Crippen molar-refractivity contribution in [3.63, 3.8) is 0 Å². The smallest absolute Gasteiger partial charge is 0.0574 e. The van der Waals surface area contributed by atoms with E-state index in [1.165, 1.54) is 5.56 Å². The molecule has 0 heterocycles. The van der Waals surface area contributed by atoms with Gasteiger partial charge in [-0.15, -0.1) is 0 Å². The number of rotatable bonds is 2. The summed E-state index contributed by atoms with van der Waals surface area (Å²) in [6.45, 7) is 4.19. The molecule has 0 spiro atoms. The number of hydrogen-bond acceptors (Lipinski definition) is 0. The zero-order valence-corrected chi connectivity index (χ0v) is 7.15. The first kappa shape index (κ1) is 8.12. The molecule has 0 aliphatic heterocycles. The van der Waals surface area contributed by atoms with Gasteiger partial charge in [0.15, 0.2) is 0 Å². The van der Waals surface area contributed by atoms with E-state index in [2.05, 4.69) is 26.0 Å². The summed E-state index contributed by atoms with van der Waals surface area (Å²) in [6, 6.07) is 6.12. The molecule has 0 aliphatic carbocycles. The molecular formula is C10H14N. The second-order valence-electron chi connectivity index (χ2n) is 2.70. The van der Waals surface area contributed by atoms with Crippen LogP contribution >= 0.6 is 0 Å². The number of aryl methyl sites for hydroxylation is 2. The normalized spacial score (nSPS) is 10.0. The van der Waals surface area contributed by atoms with E-state index in [1.807, 2.05) is 6.07 Å². The lowest BCUT2D eigenvalue weighted by Gasteiger charge is -2.02. The predicted molar refractivity (Wildman–Crippen MR) is 48.0 cm³/mol. The fourth-order valence-electron chi connectivity index (χ4n) is 1.15. The lowest BCUT2D eigenvalue weighted by molar-refractivity contribution is 1.09. The first-order valence-corrected chi connectivity index (χ1v) is 4.11. The summed E-state index contributed by atoms with van der Waals surface area (Å²) in [7, 11) is 0. The average molecular weight is 148 g/mol. The van der Waals surface area contributed by atoms with E-state index in [1.54, 1.807) is 0 Å². The van der Waals surface area contributed by atoms with Crippen molar-refractivity contribution < 1.29 is 0 Å². The topological polar surface area (TPSA) is 23.8 Å². The summed E-state index contributed by atoms with van der Waals surface area (Å²) in [5.74, 6) is 0. The minimum Gasteiger partial charge on any atom is -0.301 e. The maximum atomic E-state index is 7.61. The molecule has 0 fully saturated rings. The van der Waals surface area contributed by atoms with E-state index >= 15 is 0 Å². The van der Waals surface area contributed by atoms with Gasteiger partial charge in [0.25, 0.3) is 0 Å². The maximum absolute atomic E-state index is 7.61. The Balaban J connectivity index is 2.99. The molecule has 59 valence electrons. The van der Waals surface area contributed by atoms with Gasteiger partial charge in [0, 0.05) is 0 Å². The van der Waals surface area contributed by atoms with Gasteiger partial charge in [-0.2, -0.15) is 0 Å². The highest BCUT2D eigenvalue weighted by Crippen LogP contribution is 2.16. The predicted octanol–water partition coefficient (Wildman–Crippen LogP) is 2.73. The summed E-state index contributed by atoms with van der Waals surface area (Å²) in [5.41, 5.74) is 10.7. The van der Waals surface area contributed by atoms with Gasteiger partial charge in [0.05, 0.1) is 5.69 Å². The van der Waals surface area contributed by atoms with E-state index < -0.39 is 0 Å². The second kappa shape index (κ2) is 3.42. The van der Waals surface area contributed by atoms with Gasteiger partial charge in [-0.05, 0) is 30.0 Å². The van der Waals surface area contributed by atoms with E-state index in [-0.39, 0.29) is 0 Å². The number of nitrogens with one attached hydrogen (secondary N) is 1. The van der Waals surface area contributed by atoms with Crippen LogP contribution in [0.2, 0.25) is 0 Å². The zero-order valence-electron chi connectivity index (χ0n) is 7.15. The molecule has 11 heavy (non-hydrogen) atoms. The lowest BCUT2D eigenvalue weighted by Crippen LogP contribution is -1.86. The highest BCUT2D eigenvalue weighted by atomic mass is 14.6. The summed E-state index contributed by atoms with van der Waals surface area (Å²) < 4.78 is 0. The van der Waals surface area contributed by atoms with Crippen LogP contribution in [-0.2, 0) is 12.8 Å². The molecule has 1 nitrogen and oxygen atoms in total. The monoisotopic (exact) mass is 148 g/mol. The molecule has 0 saturated carbocycles. The van der Waals surface area contributed by atoms with Crippen molar-refractivity contribution in [2.75, 3.05) is 0 Å². The molecule has 1 rings (SSSR count). The van der Waals surface area contributed by atoms with Gasteiger partial charge in [-0.25, -0.2) is 0 Å². The van der Waals surface area contributed by atoms with Crippen LogP contribution in [0.5, 0.6) is 0 Å². The minimum atomic E-state index is 0.687. The van der Waals surface area contributed by atoms with Crippen LogP contribution in [0.15, 0.2) is 18.2 Å².